The Kier molecular flexibility index (Phi) is 4.76. The van der Waals surface area contributed by atoms with Crippen molar-refractivity contribution in [2.45, 2.75) is 16.8 Å². The van der Waals surface area contributed by atoms with Gasteiger partial charge in [-0.15, -0.1) is 0 Å². The van der Waals surface area contributed by atoms with Gasteiger partial charge in [-0.2, -0.15) is 13.2 Å². The number of benzene rings is 1. The van der Waals surface area contributed by atoms with Crippen molar-refractivity contribution in [3.63, 3.8) is 0 Å². The maximum absolute atomic E-state index is 12.2. The number of nitrogens with zero attached hydrogens (tertiary/aromatic N) is 1. The molecule has 1 aliphatic heterocycles. The summed E-state index contributed by atoms with van der Waals surface area (Å²) in [5, 5.41) is 2.65. The van der Waals surface area contributed by atoms with E-state index >= 15 is 0 Å². The van der Waals surface area contributed by atoms with E-state index in [4.69, 9.17) is 0 Å². The molecular weight excluding hydrogens is 305 g/mol. The molecule has 0 unspecified atom stereocenters. The van der Waals surface area contributed by atoms with E-state index in [2.05, 4.69) is 5.32 Å². The topological polar surface area (TPSA) is 49.4 Å². The molecule has 1 N–H and O–H groups in total. The molecule has 21 heavy (non-hydrogen) atoms. The Labute approximate surface area is 123 Å². The number of carbonyl (C=O) groups is 2. The van der Waals surface area contributed by atoms with E-state index in [1.54, 1.807) is 0 Å². The Morgan fingerprint density at radius 3 is 2.48 bits per heavy atom. The molecular formula is C13H13F3N2O2S. The van der Waals surface area contributed by atoms with Crippen LogP contribution in [0.4, 0.5) is 13.2 Å². The lowest BCUT2D eigenvalue weighted by atomic mass is 10.2. The molecule has 1 aromatic rings. The monoisotopic (exact) mass is 318 g/mol. The van der Waals surface area contributed by atoms with Gasteiger partial charge in [0.05, 0.1) is 0 Å². The number of carbonyl (C=O) groups excluding carboxylic acids is 2. The molecule has 1 aliphatic rings. The van der Waals surface area contributed by atoms with Crippen molar-refractivity contribution in [2.24, 2.45) is 0 Å². The molecule has 0 aromatic heterocycles. The maximum Gasteiger partial charge on any atom is 0.446 e. The molecule has 2 rings (SSSR count). The Bertz CT molecular complexity index is 531. The number of amides is 2. The Hall–Kier alpha value is -1.70. The number of rotatable bonds is 2. The molecule has 0 bridgehead atoms. The maximum atomic E-state index is 12.2. The Morgan fingerprint density at radius 1 is 1.19 bits per heavy atom. The fourth-order valence-electron chi connectivity index (χ4n) is 1.95. The molecule has 1 fully saturated rings. The lowest BCUT2D eigenvalue weighted by Gasteiger charge is -2.19. The van der Waals surface area contributed by atoms with Gasteiger partial charge < -0.3 is 10.2 Å². The molecule has 0 radical (unpaired) electrons. The van der Waals surface area contributed by atoms with E-state index in [1.807, 2.05) is 0 Å². The molecule has 114 valence electrons. The highest BCUT2D eigenvalue weighted by molar-refractivity contribution is 8.00. The van der Waals surface area contributed by atoms with Crippen LogP contribution in [0.5, 0.6) is 0 Å². The molecule has 8 heteroatoms. The fourth-order valence-corrected chi connectivity index (χ4v) is 2.49. The molecule has 1 aromatic carbocycles. The molecule has 2 amide bonds. The summed E-state index contributed by atoms with van der Waals surface area (Å²) in [5.41, 5.74) is -4.03. The van der Waals surface area contributed by atoms with Crippen molar-refractivity contribution < 1.29 is 22.8 Å². The van der Waals surface area contributed by atoms with Gasteiger partial charge in [0.15, 0.2) is 0 Å². The zero-order chi connectivity index (χ0) is 15.5. The lowest BCUT2D eigenvalue weighted by Crippen LogP contribution is -2.34. The van der Waals surface area contributed by atoms with Gasteiger partial charge in [0.2, 0.25) is 5.91 Å². The van der Waals surface area contributed by atoms with E-state index in [9.17, 15) is 22.8 Å². The summed E-state index contributed by atoms with van der Waals surface area (Å²) >= 11 is -0.219. The van der Waals surface area contributed by atoms with E-state index in [0.717, 1.165) is 0 Å². The number of hydrogen-bond donors (Lipinski definition) is 1. The van der Waals surface area contributed by atoms with Crippen molar-refractivity contribution in [1.29, 1.82) is 0 Å². The largest absolute Gasteiger partial charge is 0.446 e. The van der Waals surface area contributed by atoms with Crippen LogP contribution in [-0.2, 0) is 4.79 Å². The number of halogens is 3. The third-order valence-corrected chi connectivity index (χ3v) is 3.67. The van der Waals surface area contributed by atoms with Crippen LogP contribution >= 0.6 is 11.8 Å². The zero-order valence-electron chi connectivity index (χ0n) is 10.9. The molecule has 0 atom stereocenters. The van der Waals surface area contributed by atoms with Crippen LogP contribution in [-0.4, -0.2) is 41.9 Å². The van der Waals surface area contributed by atoms with Gasteiger partial charge in [-0.3, -0.25) is 9.59 Å². The van der Waals surface area contributed by atoms with Crippen molar-refractivity contribution in [2.75, 3.05) is 19.6 Å². The second-order valence-electron chi connectivity index (χ2n) is 4.46. The second-order valence-corrected chi connectivity index (χ2v) is 5.60. The summed E-state index contributed by atoms with van der Waals surface area (Å²) in [7, 11) is 0. The molecule has 4 nitrogen and oxygen atoms in total. The van der Waals surface area contributed by atoms with E-state index in [0.29, 0.717) is 25.2 Å². The van der Waals surface area contributed by atoms with E-state index in [-0.39, 0.29) is 34.9 Å². The first-order chi connectivity index (χ1) is 9.85. The summed E-state index contributed by atoms with van der Waals surface area (Å²) in [6.45, 7) is 1.08. The van der Waals surface area contributed by atoms with Crippen LogP contribution in [0.15, 0.2) is 29.2 Å². The average Bonchev–Trinajstić information content (AvgIpc) is 2.62. The Morgan fingerprint density at radius 2 is 1.86 bits per heavy atom. The first-order valence-electron chi connectivity index (χ1n) is 6.27. The van der Waals surface area contributed by atoms with Gasteiger partial charge in [0.1, 0.15) is 0 Å². The molecule has 0 spiro atoms. The summed E-state index contributed by atoms with van der Waals surface area (Å²) in [5.74, 6) is -0.391. The van der Waals surface area contributed by atoms with Gasteiger partial charge in [0.25, 0.3) is 5.91 Å². The van der Waals surface area contributed by atoms with Crippen molar-refractivity contribution >= 4 is 23.6 Å². The van der Waals surface area contributed by atoms with Gasteiger partial charge in [0, 0.05) is 36.5 Å². The van der Waals surface area contributed by atoms with Gasteiger partial charge >= 0.3 is 5.51 Å². The SMILES string of the molecule is O=C1CCN(C(=O)c2ccc(SC(F)(F)F)cc2)CCN1. The highest BCUT2D eigenvalue weighted by atomic mass is 32.2. The minimum Gasteiger partial charge on any atom is -0.354 e. The lowest BCUT2D eigenvalue weighted by molar-refractivity contribution is -0.120. The quantitative estimate of drug-likeness (QED) is 0.851. The molecule has 0 aliphatic carbocycles. The minimum atomic E-state index is -4.34. The van der Waals surface area contributed by atoms with Crippen LogP contribution in [0.25, 0.3) is 0 Å². The van der Waals surface area contributed by atoms with E-state index < -0.39 is 5.51 Å². The van der Waals surface area contributed by atoms with Crippen LogP contribution < -0.4 is 5.32 Å². The number of hydrogen-bond acceptors (Lipinski definition) is 3. The van der Waals surface area contributed by atoms with Crippen molar-refractivity contribution in [3.8, 4) is 0 Å². The number of alkyl halides is 3. The third-order valence-electron chi connectivity index (χ3n) is 2.93. The molecule has 1 heterocycles. The van der Waals surface area contributed by atoms with Gasteiger partial charge in [-0.05, 0) is 36.0 Å². The second kappa shape index (κ2) is 6.38. The van der Waals surface area contributed by atoms with Gasteiger partial charge in [-0.1, -0.05) is 0 Å². The van der Waals surface area contributed by atoms with Crippen LogP contribution in [0, 0.1) is 0 Å². The predicted octanol–water partition coefficient (Wildman–Crippen LogP) is 2.26. The smallest absolute Gasteiger partial charge is 0.354 e. The zero-order valence-corrected chi connectivity index (χ0v) is 11.8. The first-order valence-corrected chi connectivity index (χ1v) is 7.08. The van der Waals surface area contributed by atoms with E-state index in [1.165, 1.54) is 29.2 Å². The first kappa shape index (κ1) is 15.7. The normalized spacial score (nSPS) is 16.3. The summed E-state index contributed by atoms with van der Waals surface area (Å²) in [6, 6.07) is 5.28. The molecule has 0 saturated carbocycles. The highest BCUT2D eigenvalue weighted by Gasteiger charge is 2.29. The average molecular weight is 318 g/mol. The van der Waals surface area contributed by atoms with Crippen molar-refractivity contribution in [3.05, 3.63) is 29.8 Å². The van der Waals surface area contributed by atoms with Crippen LogP contribution in [0.1, 0.15) is 16.8 Å². The highest BCUT2D eigenvalue weighted by Crippen LogP contribution is 2.36. The summed E-state index contributed by atoms with van der Waals surface area (Å²) in [6.07, 6.45) is 0.230. The summed E-state index contributed by atoms with van der Waals surface area (Å²) < 4.78 is 36.7. The van der Waals surface area contributed by atoms with Crippen LogP contribution in [0.2, 0.25) is 0 Å². The van der Waals surface area contributed by atoms with Crippen LogP contribution in [0.3, 0.4) is 0 Å². The van der Waals surface area contributed by atoms with Gasteiger partial charge in [-0.25, -0.2) is 0 Å². The molecule has 1 saturated heterocycles. The summed E-state index contributed by atoms with van der Waals surface area (Å²) in [4.78, 5) is 25.0. The standard InChI is InChI=1S/C13H13F3N2O2S/c14-13(15,16)21-10-3-1-9(2-4-10)12(20)18-7-5-11(19)17-6-8-18/h1-4H,5-8H2,(H,17,19). The minimum absolute atomic E-state index is 0.0340. The van der Waals surface area contributed by atoms with Crippen molar-refractivity contribution in [1.82, 2.24) is 10.2 Å². The predicted molar refractivity (Wildman–Crippen MR) is 71.9 cm³/mol. The fraction of sp³-hybridized carbons (Fsp3) is 0.385. The number of thioether (sulfide) groups is 1. The third kappa shape index (κ3) is 4.66. The number of nitrogens with one attached hydrogen (secondary N) is 1. The Balaban J connectivity index is 2.04.